The van der Waals surface area contributed by atoms with Crippen molar-refractivity contribution in [2.24, 2.45) is 11.3 Å². The van der Waals surface area contributed by atoms with Crippen LogP contribution in [0.5, 0.6) is 5.75 Å². The van der Waals surface area contributed by atoms with Gasteiger partial charge in [-0.1, -0.05) is 18.0 Å². The third-order valence-corrected chi connectivity index (χ3v) is 6.38. The second-order valence-corrected chi connectivity index (χ2v) is 8.32. The molecule has 0 radical (unpaired) electrons. The summed E-state index contributed by atoms with van der Waals surface area (Å²) in [4.78, 5) is 17.4. The molecule has 1 aliphatic heterocycles. The Balaban J connectivity index is 1.18. The molecule has 1 amide bonds. The fraction of sp³-hybridized carbons (Fsp3) is 0.571. The lowest BCUT2D eigenvalue weighted by atomic mass is 9.67. The monoisotopic (exact) mass is 382 g/mol. The largest absolute Gasteiger partial charge is 0.485 e. The van der Waals surface area contributed by atoms with Gasteiger partial charge < -0.3 is 19.9 Å². The van der Waals surface area contributed by atoms with Crippen LogP contribution in [0.25, 0.3) is 0 Å². The average Bonchev–Trinajstić information content (AvgIpc) is 3.29. The summed E-state index contributed by atoms with van der Waals surface area (Å²) in [6.45, 7) is 2.02. The van der Waals surface area contributed by atoms with E-state index in [4.69, 9.17) is 9.26 Å². The molecule has 148 valence electrons. The maximum absolute atomic E-state index is 13.0. The van der Waals surface area contributed by atoms with Crippen molar-refractivity contribution in [2.75, 3.05) is 18.4 Å². The molecule has 3 aliphatic rings. The van der Waals surface area contributed by atoms with Gasteiger partial charge in [0.1, 0.15) is 5.75 Å². The molecule has 2 aliphatic carbocycles. The minimum Gasteiger partial charge on any atom is -0.485 e. The molecule has 0 spiro atoms. The van der Waals surface area contributed by atoms with E-state index in [1.165, 1.54) is 6.42 Å². The van der Waals surface area contributed by atoms with Crippen molar-refractivity contribution in [3.63, 3.8) is 0 Å². The van der Waals surface area contributed by atoms with Gasteiger partial charge in [-0.3, -0.25) is 4.79 Å². The minimum absolute atomic E-state index is 0.148. The molecule has 28 heavy (non-hydrogen) atoms. The van der Waals surface area contributed by atoms with Gasteiger partial charge in [0.25, 0.3) is 0 Å². The Morgan fingerprint density at radius 3 is 2.93 bits per heavy atom. The summed E-state index contributed by atoms with van der Waals surface area (Å²) < 4.78 is 11.0. The number of carbonyl (C=O) groups is 1. The number of nitrogens with zero attached hydrogens (tertiary/aromatic N) is 2. The van der Waals surface area contributed by atoms with Crippen molar-refractivity contribution >= 4 is 11.6 Å². The first-order valence-corrected chi connectivity index (χ1v) is 10.3. The van der Waals surface area contributed by atoms with Gasteiger partial charge in [-0.2, -0.15) is 4.98 Å². The number of benzene rings is 1. The molecule has 2 saturated carbocycles. The highest BCUT2D eigenvalue weighted by Gasteiger charge is 2.49. The van der Waals surface area contributed by atoms with Crippen LogP contribution >= 0.6 is 0 Å². The summed E-state index contributed by atoms with van der Waals surface area (Å²) in [5, 5.41) is 10.5. The number of anilines is 1. The Labute approximate surface area is 164 Å². The molecule has 1 aromatic carbocycles. The Morgan fingerprint density at radius 2 is 2.11 bits per heavy atom. The Kier molecular flexibility index (Phi) is 4.55. The lowest BCUT2D eigenvalue weighted by Crippen LogP contribution is -2.44. The first-order chi connectivity index (χ1) is 13.7. The zero-order chi connectivity index (χ0) is 19.0. The number of carbonyl (C=O) groups excluding carboxylic acids is 1. The van der Waals surface area contributed by atoms with E-state index in [2.05, 4.69) is 20.8 Å². The fourth-order valence-corrected chi connectivity index (χ4v) is 4.55. The van der Waals surface area contributed by atoms with Crippen LogP contribution in [0.1, 0.15) is 56.2 Å². The molecule has 2 N–H and O–H groups in total. The molecule has 0 bridgehead atoms. The van der Waals surface area contributed by atoms with E-state index in [0.29, 0.717) is 23.4 Å². The highest BCUT2D eigenvalue weighted by molar-refractivity contribution is 5.96. The number of fused-ring (bicyclic) bond motifs is 1. The number of rotatable bonds is 6. The van der Waals surface area contributed by atoms with Crippen molar-refractivity contribution in [3.05, 3.63) is 36.0 Å². The summed E-state index contributed by atoms with van der Waals surface area (Å²) in [6, 6.07) is 7.49. The number of ether oxygens (including phenoxy) is 1. The molecule has 2 heterocycles. The van der Waals surface area contributed by atoms with Gasteiger partial charge in [0.15, 0.2) is 6.61 Å². The zero-order valence-electron chi connectivity index (χ0n) is 15.9. The van der Waals surface area contributed by atoms with Crippen molar-refractivity contribution in [1.29, 1.82) is 0 Å². The summed E-state index contributed by atoms with van der Waals surface area (Å²) in [5.41, 5.74) is 0.559. The van der Waals surface area contributed by atoms with Crippen molar-refractivity contribution in [3.8, 4) is 5.75 Å². The minimum atomic E-state index is -0.245. The molecule has 2 aromatic rings. The first kappa shape index (κ1) is 17.7. The van der Waals surface area contributed by atoms with Crippen LogP contribution < -0.4 is 15.4 Å². The number of nitrogens with one attached hydrogen (secondary N) is 2. The summed E-state index contributed by atoms with van der Waals surface area (Å²) in [7, 11) is 0. The molecule has 7 nitrogen and oxygen atoms in total. The summed E-state index contributed by atoms with van der Waals surface area (Å²) in [5.74, 6) is 3.05. The highest BCUT2D eigenvalue weighted by atomic mass is 16.5. The quantitative estimate of drug-likeness (QED) is 0.797. The standard InChI is InChI=1S/C21H26N4O3/c26-20(21-10-2-1-3-15(21)11-22-13-21)23-16-6-8-17(9-7-16)27-12-18-24-19(28-25-18)14-4-5-14/h6-9,14-15,22H,1-5,10-13H2,(H,23,26)/t15-,21+/m0/s1. The van der Waals surface area contributed by atoms with Crippen molar-refractivity contribution in [2.45, 2.75) is 51.0 Å². The van der Waals surface area contributed by atoms with E-state index < -0.39 is 0 Å². The fourth-order valence-electron chi connectivity index (χ4n) is 4.55. The second kappa shape index (κ2) is 7.20. The van der Waals surface area contributed by atoms with Gasteiger partial charge in [0.05, 0.1) is 5.41 Å². The summed E-state index contributed by atoms with van der Waals surface area (Å²) in [6.07, 6.45) is 6.76. The lowest BCUT2D eigenvalue weighted by Gasteiger charge is -2.37. The van der Waals surface area contributed by atoms with E-state index in [0.717, 1.165) is 56.8 Å². The molecular weight excluding hydrogens is 356 g/mol. The molecule has 7 heteroatoms. The van der Waals surface area contributed by atoms with Crippen LogP contribution in [0.2, 0.25) is 0 Å². The number of hydrogen-bond donors (Lipinski definition) is 2. The third-order valence-electron chi connectivity index (χ3n) is 6.38. The Bertz CT molecular complexity index is 846. The van der Waals surface area contributed by atoms with E-state index in [1.807, 2.05) is 24.3 Å². The van der Waals surface area contributed by atoms with E-state index in [1.54, 1.807) is 0 Å². The van der Waals surface area contributed by atoms with Gasteiger partial charge in [-0.15, -0.1) is 0 Å². The predicted octanol–water partition coefficient (Wildman–Crippen LogP) is 3.24. The van der Waals surface area contributed by atoms with Crippen LogP contribution in [0, 0.1) is 11.3 Å². The molecule has 3 fully saturated rings. The zero-order valence-corrected chi connectivity index (χ0v) is 15.9. The van der Waals surface area contributed by atoms with E-state index in [-0.39, 0.29) is 17.9 Å². The first-order valence-electron chi connectivity index (χ1n) is 10.3. The molecular formula is C21H26N4O3. The molecule has 2 atom stereocenters. The molecule has 1 aromatic heterocycles. The van der Waals surface area contributed by atoms with Crippen LogP contribution in [0.4, 0.5) is 5.69 Å². The number of amides is 1. The van der Waals surface area contributed by atoms with Crippen LogP contribution in [0.3, 0.4) is 0 Å². The molecule has 5 rings (SSSR count). The smallest absolute Gasteiger partial charge is 0.232 e. The lowest BCUT2D eigenvalue weighted by molar-refractivity contribution is -0.128. The molecule has 0 unspecified atom stereocenters. The Hall–Kier alpha value is -2.41. The number of aromatic nitrogens is 2. The molecule has 1 saturated heterocycles. The summed E-state index contributed by atoms with van der Waals surface area (Å²) >= 11 is 0. The highest BCUT2D eigenvalue weighted by Crippen LogP contribution is 2.44. The van der Waals surface area contributed by atoms with Crippen LogP contribution in [-0.4, -0.2) is 29.1 Å². The third kappa shape index (κ3) is 3.39. The van der Waals surface area contributed by atoms with Crippen molar-refractivity contribution in [1.82, 2.24) is 15.5 Å². The van der Waals surface area contributed by atoms with Crippen LogP contribution in [0.15, 0.2) is 28.8 Å². The van der Waals surface area contributed by atoms with Crippen molar-refractivity contribution < 1.29 is 14.1 Å². The van der Waals surface area contributed by atoms with E-state index in [9.17, 15) is 4.79 Å². The van der Waals surface area contributed by atoms with Gasteiger partial charge in [0, 0.05) is 18.2 Å². The maximum atomic E-state index is 13.0. The van der Waals surface area contributed by atoms with Gasteiger partial charge in [-0.05, 0) is 62.4 Å². The maximum Gasteiger partial charge on any atom is 0.232 e. The topological polar surface area (TPSA) is 89.3 Å². The van der Waals surface area contributed by atoms with Gasteiger partial charge in [0.2, 0.25) is 17.6 Å². The second-order valence-electron chi connectivity index (χ2n) is 8.32. The Morgan fingerprint density at radius 1 is 1.25 bits per heavy atom. The van der Waals surface area contributed by atoms with Gasteiger partial charge in [-0.25, -0.2) is 0 Å². The van der Waals surface area contributed by atoms with Gasteiger partial charge >= 0.3 is 0 Å². The van der Waals surface area contributed by atoms with E-state index >= 15 is 0 Å². The normalized spacial score (nSPS) is 26.6. The number of hydrogen-bond acceptors (Lipinski definition) is 6. The average molecular weight is 382 g/mol. The SMILES string of the molecule is O=C(Nc1ccc(OCc2noc(C3CC3)n2)cc1)[C@@]12CCCC[C@H]1CNC2. The predicted molar refractivity (Wildman–Crippen MR) is 103 cm³/mol. The van der Waals surface area contributed by atoms with Crippen LogP contribution in [-0.2, 0) is 11.4 Å².